The average Bonchev–Trinajstić information content (AvgIpc) is 2.47. The fraction of sp³-hybridized carbons (Fsp3) is 0.0769. The van der Waals surface area contributed by atoms with Crippen LogP contribution in [0, 0.1) is 21.4 Å². The van der Waals surface area contributed by atoms with Crippen LogP contribution in [0.2, 0.25) is 0 Å². The molecule has 0 aliphatic rings. The Labute approximate surface area is 118 Å². The topological polar surface area (TPSA) is 100 Å². The summed E-state index contributed by atoms with van der Waals surface area (Å²) in [5.74, 6) is 0. The summed E-state index contributed by atoms with van der Waals surface area (Å²) in [7, 11) is 0. The molecule has 0 aliphatic heterocycles. The monoisotopic (exact) mass is 287 g/mol. The third-order valence-corrected chi connectivity index (χ3v) is 3.51. The van der Waals surface area contributed by atoms with Crippen molar-refractivity contribution in [3.63, 3.8) is 0 Å². The summed E-state index contributed by atoms with van der Waals surface area (Å²) in [6.07, 6.45) is 1.37. The summed E-state index contributed by atoms with van der Waals surface area (Å²) in [5.41, 5.74) is 0.452. The second kappa shape index (κ2) is 6.14. The van der Waals surface area contributed by atoms with Crippen molar-refractivity contribution in [1.29, 1.82) is 5.26 Å². The molecule has 1 aromatic carbocycles. The molecule has 6 nitrogen and oxygen atoms in total. The molecule has 0 saturated carbocycles. The Balaban J connectivity index is 2.38. The van der Waals surface area contributed by atoms with E-state index in [0.29, 0.717) is 0 Å². The van der Waals surface area contributed by atoms with E-state index in [1.54, 1.807) is 30.3 Å². The minimum atomic E-state index is -0.601. The Bertz CT molecular complexity index is 680. The van der Waals surface area contributed by atoms with Crippen molar-refractivity contribution in [2.45, 2.75) is 16.5 Å². The van der Waals surface area contributed by atoms with Crippen molar-refractivity contribution in [2.75, 3.05) is 0 Å². The molecule has 2 aromatic rings. The first-order valence-corrected chi connectivity index (χ1v) is 6.38. The maximum absolute atomic E-state index is 11.1. The van der Waals surface area contributed by atoms with Gasteiger partial charge in [-0.1, -0.05) is 23.9 Å². The van der Waals surface area contributed by atoms with Crippen LogP contribution in [-0.2, 0) is 6.61 Å². The van der Waals surface area contributed by atoms with Crippen molar-refractivity contribution >= 4 is 17.4 Å². The minimum Gasteiger partial charge on any atom is -0.392 e. The Kier molecular flexibility index (Phi) is 4.30. The molecule has 7 heteroatoms. The first-order chi connectivity index (χ1) is 9.65. The van der Waals surface area contributed by atoms with Gasteiger partial charge in [0, 0.05) is 11.1 Å². The van der Waals surface area contributed by atoms with E-state index in [0.717, 1.165) is 22.2 Å². The zero-order valence-corrected chi connectivity index (χ0v) is 11.0. The number of rotatable bonds is 4. The predicted molar refractivity (Wildman–Crippen MR) is 72.1 cm³/mol. The average molecular weight is 287 g/mol. The lowest BCUT2D eigenvalue weighted by atomic mass is 10.2. The van der Waals surface area contributed by atoms with Crippen LogP contribution in [-0.4, -0.2) is 15.0 Å². The number of pyridine rings is 1. The molecule has 100 valence electrons. The minimum absolute atomic E-state index is 0.0144. The van der Waals surface area contributed by atoms with Crippen LogP contribution in [0.5, 0.6) is 0 Å². The molecule has 2 rings (SSSR count). The molecule has 0 unspecified atom stereocenters. The van der Waals surface area contributed by atoms with Crippen molar-refractivity contribution in [3.8, 4) is 6.07 Å². The van der Waals surface area contributed by atoms with Gasteiger partial charge in [0.15, 0.2) is 5.03 Å². The van der Waals surface area contributed by atoms with Crippen LogP contribution in [0.4, 0.5) is 5.69 Å². The quantitative estimate of drug-likeness (QED) is 0.685. The molecule has 0 bridgehead atoms. The zero-order valence-electron chi connectivity index (χ0n) is 10.2. The van der Waals surface area contributed by atoms with E-state index < -0.39 is 4.92 Å². The highest BCUT2D eigenvalue weighted by molar-refractivity contribution is 7.99. The molecule has 1 N–H and O–H groups in total. The SMILES string of the molecule is N#Cc1ccnc(Sc2ccc(CO)cc2)c1[N+](=O)[O-]. The molecule has 1 heterocycles. The second-order valence-corrected chi connectivity index (χ2v) is 4.85. The van der Waals surface area contributed by atoms with Crippen molar-refractivity contribution in [3.05, 3.63) is 57.8 Å². The van der Waals surface area contributed by atoms with Gasteiger partial charge in [0.05, 0.1) is 11.5 Å². The molecule has 0 fully saturated rings. The third kappa shape index (κ3) is 2.93. The summed E-state index contributed by atoms with van der Waals surface area (Å²) in [6.45, 7) is -0.0622. The summed E-state index contributed by atoms with van der Waals surface area (Å²) in [6, 6.07) is 10.0. The van der Waals surface area contributed by atoms with E-state index in [1.165, 1.54) is 12.3 Å². The number of benzene rings is 1. The van der Waals surface area contributed by atoms with Gasteiger partial charge in [0.1, 0.15) is 11.6 Å². The van der Waals surface area contributed by atoms with Gasteiger partial charge in [-0.2, -0.15) is 5.26 Å². The fourth-order valence-corrected chi connectivity index (χ4v) is 2.44. The number of hydrogen-bond donors (Lipinski definition) is 1. The fourth-order valence-electron chi connectivity index (χ4n) is 1.55. The van der Waals surface area contributed by atoms with Crippen molar-refractivity contribution < 1.29 is 10.0 Å². The number of nitro groups is 1. The maximum atomic E-state index is 11.1. The number of aromatic nitrogens is 1. The summed E-state index contributed by atoms with van der Waals surface area (Å²) in [4.78, 5) is 15.2. The largest absolute Gasteiger partial charge is 0.392 e. The van der Waals surface area contributed by atoms with E-state index in [9.17, 15) is 10.1 Å². The lowest BCUT2D eigenvalue weighted by molar-refractivity contribution is -0.388. The van der Waals surface area contributed by atoms with Crippen LogP contribution < -0.4 is 0 Å². The van der Waals surface area contributed by atoms with E-state index in [2.05, 4.69) is 4.98 Å². The molecule has 0 spiro atoms. The second-order valence-electron chi connectivity index (χ2n) is 3.79. The van der Waals surface area contributed by atoms with Gasteiger partial charge >= 0.3 is 5.69 Å². The normalized spacial score (nSPS) is 10.0. The van der Waals surface area contributed by atoms with Gasteiger partial charge in [0.25, 0.3) is 0 Å². The number of aliphatic hydroxyl groups excluding tert-OH is 1. The van der Waals surface area contributed by atoms with Gasteiger partial charge in [-0.05, 0) is 23.8 Å². The van der Waals surface area contributed by atoms with Crippen LogP contribution in [0.3, 0.4) is 0 Å². The van der Waals surface area contributed by atoms with Gasteiger partial charge in [-0.3, -0.25) is 10.1 Å². The van der Waals surface area contributed by atoms with Gasteiger partial charge in [0.2, 0.25) is 0 Å². The molecular weight excluding hydrogens is 278 g/mol. The Morgan fingerprint density at radius 2 is 2.05 bits per heavy atom. The Morgan fingerprint density at radius 3 is 2.60 bits per heavy atom. The number of aliphatic hydroxyl groups is 1. The van der Waals surface area contributed by atoms with Gasteiger partial charge < -0.3 is 5.11 Å². The maximum Gasteiger partial charge on any atom is 0.319 e. The highest BCUT2D eigenvalue weighted by Gasteiger charge is 2.21. The Morgan fingerprint density at radius 1 is 1.35 bits per heavy atom. The summed E-state index contributed by atoms with van der Waals surface area (Å²) < 4.78 is 0. The lowest BCUT2D eigenvalue weighted by Crippen LogP contribution is -1.97. The zero-order chi connectivity index (χ0) is 14.5. The van der Waals surface area contributed by atoms with Crippen molar-refractivity contribution in [1.82, 2.24) is 4.98 Å². The predicted octanol–water partition coefficient (Wildman–Crippen LogP) is 2.50. The van der Waals surface area contributed by atoms with Gasteiger partial charge in [-0.25, -0.2) is 4.98 Å². The van der Waals surface area contributed by atoms with E-state index in [4.69, 9.17) is 10.4 Å². The molecule has 0 atom stereocenters. The standard InChI is InChI=1S/C13H9N3O3S/c14-7-10-5-6-15-13(12(10)16(18)19)20-11-3-1-9(8-17)2-4-11/h1-6,17H,8H2. The van der Waals surface area contributed by atoms with Crippen LogP contribution in [0.25, 0.3) is 0 Å². The first kappa shape index (κ1) is 14.0. The molecule has 0 aliphatic carbocycles. The lowest BCUT2D eigenvalue weighted by Gasteiger charge is -2.03. The Hall–Kier alpha value is -2.43. The van der Waals surface area contributed by atoms with Crippen LogP contribution >= 0.6 is 11.8 Å². The number of nitriles is 1. The molecule has 0 amide bonds. The van der Waals surface area contributed by atoms with Gasteiger partial charge in [-0.15, -0.1) is 0 Å². The summed E-state index contributed by atoms with van der Waals surface area (Å²) in [5, 5.41) is 29.1. The third-order valence-electron chi connectivity index (χ3n) is 2.51. The molecule has 0 saturated heterocycles. The van der Waals surface area contributed by atoms with Crippen LogP contribution in [0.15, 0.2) is 46.5 Å². The smallest absolute Gasteiger partial charge is 0.319 e. The highest BCUT2D eigenvalue weighted by atomic mass is 32.2. The first-order valence-electron chi connectivity index (χ1n) is 5.57. The number of nitrogens with zero attached hydrogens (tertiary/aromatic N) is 3. The summed E-state index contributed by atoms with van der Waals surface area (Å²) >= 11 is 1.11. The molecule has 20 heavy (non-hydrogen) atoms. The van der Waals surface area contributed by atoms with E-state index >= 15 is 0 Å². The van der Waals surface area contributed by atoms with Crippen molar-refractivity contribution in [2.24, 2.45) is 0 Å². The highest BCUT2D eigenvalue weighted by Crippen LogP contribution is 2.34. The molecule has 0 radical (unpaired) electrons. The van der Waals surface area contributed by atoms with Crippen LogP contribution in [0.1, 0.15) is 11.1 Å². The number of hydrogen-bond acceptors (Lipinski definition) is 6. The molecular formula is C13H9N3O3S. The van der Waals surface area contributed by atoms with E-state index in [-0.39, 0.29) is 22.9 Å². The molecule has 1 aromatic heterocycles. The van der Waals surface area contributed by atoms with E-state index in [1.807, 2.05) is 0 Å².